The molecule has 38 heavy (non-hydrogen) atoms. The highest BCUT2D eigenvalue weighted by Crippen LogP contribution is 2.44. The largest absolute Gasteiger partial charge is 0.507 e. The maximum absolute atomic E-state index is 13.4. The molecule has 1 unspecified atom stereocenters. The Morgan fingerprint density at radius 1 is 1.03 bits per heavy atom. The van der Waals surface area contributed by atoms with Crippen LogP contribution in [0.1, 0.15) is 60.5 Å². The molecule has 1 atom stereocenters. The van der Waals surface area contributed by atoms with Gasteiger partial charge in [0.15, 0.2) is 0 Å². The van der Waals surface area contributed by atoms with Crippen LogP contribution in [0.3, 0.4) is 0 Å². The number of amides is 1. The molecule has 1 amide bonds. The summed E-state index contributed by atoms with van der Waals surface area (Å²) in [6, 6.07) is 15.1. The number of Topliss-reactive ketones (excluding diaryl/α,β-unsaturated/α-hetero) is 1. The molecule has 0 saturated carbocycles. The number of benzene rings is 3. The van der Waals surface area contributed by atoms with Gasteiger partial charge in [0, 0.05) is 11.3 Å². The number of rotatable bonds is 6. The molecule has 3 aromatic rings. The first kappa shape index (κ1) is 27.0. The van der Waals surface area contributed by atoms with Crippen molar-refractivity contribution in [1.82, 2.24) is 0 Å². The minimum Gasteiger partial charge on any atom is -0.507 e. The SMILES string of the molecule is CCOc1ccc(/C(O)=C2\C(=O)C(=O)N(c3ccc(C(F)(F)F)cc3)C2c2ccccc2C)cc1C(C)C. The van der Waals surface area contributed by atoms with Crippen molar-refractivity contribution in [2.24, 2.45) is 0 Å². The molecule has 1 fully saturated rings. The van der Waals surface area contributed by atoms with Gasteiger partial charge in [-0.05, 0) is 78.9 Å². The van der Waals surface area contributed by atoms with E-state index in [9.17, 15) is 27.9 Å². The number of hydrogen-bond acceptors (Lipinski definition) is 4. The molecular weight excluding hydrogens is 495 g/mol. The van der Waals surface area contributed by atoms with Gasteiger partial charge in [-0.15, -0.1) is 0 Å². The smallest absolute Gasteiger partial charge is 0.416 e. The molecule has 4 rings (SSSR count). The lowest BCUT2D eigenvalue weighted by Gasteiger charge is -2.27. The highest BCUT2D eigenvalue weighted by Gasteiger charge is 2.47. The maximum Gasteiger partial charge on any atom is 0.416 e. The summed E-state index contributed by atoms with van der Waals surface area (Å²) < 4.78 is 45.2. The Kier molecular flexibility index (Phi) is 7.35. The number of aryl methyl sites for hydroxylation is 1. The lowest BCUT2D eigenvalue weighted by atomic mass is 9.91. The minimum atomic E-state index is -4.55. The topological polar surface area (TPSA) is 66.8 Å². The average molecular weight is 524 g/mol. The van der Waals surface area contributed by atoms with Crippen molar-refractivity contribution in [2.75, 3.05) is 11.5 Å². The first-order chi connectivity index (χ1) is 18.0. The molecule has 198 valence electrons. The molecule has 0 bridgehead atoms. The number of carbonyl (C=O) groups is 2. The molecule has 1 saturated heterocycles. The van der Waals surface area contributed by atoms with E-state index in [2.05, 4.69) is 0 Å². The third-order valence-corrected chi connectivity index (χ3v) is 6.61. The summed E-state index contributed by atoms with van der Waals surface area (Å²) in [5.74, 6) is -1.52. The van der Waals surface area contributed by atoms with Crippen molar-refractivity contribution in [2.45, 2.75) is 45.8 Å². The van der Waals surface area contributed by atoms with Crippen LogP contribution in [-0.2, 0) is 15.8 Å². The van der Waals surface area contributed by atoms with E-state index in [1.54, 1.807) is 49.4 Å². The summed E-state index contributed by atoms with van der Waals surface area (Å²) in [6.45, 7) is 8.06. The van der Waals surface area contributed by atoms with Crippen molar-refractivity contribution in [3.63, 3.8) is 0 Å². The fraction of sp³-hybridized carbons (Fsp3) is 0.267. The fourth-order valence-electron chi connectivity index (χ4n) is 4.69. The molecule has 1 aliphatic rings. The first-order valence-corrected chi connectivity index (χ1v) is 12.3. The maximum atomic E-state index is 13.4. The van der Waals surface area contributed by atoms with Crippen LogP contribution in [0.5, 0.6) is 5.75 Å². The van der Waals surface area contributed by atoms with Crippen LogP contribution in [0.25, 0.3) is 5.76 Å². The van der Waals surface area contributed by atoms with Crippen LogP contribution in [0.2, 0.25) is 0 Å². The van der Waals surface area contributed by atoms with Crippen LogP contribution in [-0.4, -0.2) is 23.4 Å². The minimum absolute atomic E-state index is 0.0472. The Labute approximate surface area is 219 Å². The molecular formula is C30H28F3NO4. The Balaban J connectivity index is 1.92. The second kappa shape index (κ2) is 10.4. The van der Waals surface area contributed by atoms with Crippen molar-refractivity contribution in [3.8, 4) is 5.75 Å². The van der Waals surface area contributed by atoms with E-state index in [1.165, 1.54) is 0 Å². The van der Waals surface area contributed by atoms with Crippen LogP contribution in [0.15, 0.2) is 72.3 Å². The van der Waals surface area contributed by atoms with Gasteiger partial charge in [-0.2, -0.15) is 13.2 Å². The normalized spacial score (nSPS) is 17.4. The summed E-state index contributed by atoms with van der Waals surface area (Å²) >= 11 is 0. The van der Waals surface area contributed by atoms with Crippen LogP contribution in [0, 0.1) is 6.92 Å². The first-order valence-electron chi connectivity index (χ1n) is 12.3. The highest BCUT2D eigenvalue weighted by molar-refractivity contribution is 6.51. The van der Waals surface area contributed by atoms with Gasteiger partial charge < -0.3 is 9.84 Å². The quantitative estimate of drug-likeness (QED) is 0.211. The number of aliphatic hydroxyl groups is 1. The molecule has 0 aliphatic carbocycles. The Bertz CT molecular complexity index is 1410. The van der Waals surface area contributed by atoms with Gasteiger partial charge in [-0.1, -0.05) is 38.1 Å². The number of carbonyl (C=O) groups excluding carboxylic acids is 2. The van der Waals surface area contributed by atoms with E-state index in [1.807, 2.05) is 20.8 Å². The van der Waals surface area contributed by atoms with Crippen molar-refractivity contribution in [1.29, 1.82) is 0 Å². The number of alkyl halides is 3. The zero-order valence-electron chi connectivity index (χ0n) is 21.5. The molecule has 0 aromatic heterocycles. The molecule has 1 heterocycles. The Hall–Kier alpha value is -4.07. The van der Waals surface area contributed by atoms with Crippen LogP contribution in [0.4, 0.5) is 18.9 Å². The summed E-state index contributed by atoms with van der Waals surface area (Å²) in [5, 5.41) is 11.5. The number of ketones is 1. The standard InChI is InChI=1S/C30H28F3NO4/c1-5-38-24-15-10-19(16-23(24)17(2)3)27(35)25-26(22-9-7-6-8-18(22)4)34(29(37)28(25)36)21-13-11-20(12-14-21)30(31,32)33/h6-17,26,35H,5H2,1-4H3/b27-25+. The zero-order chi connectivity index (χ0) is 27.8. The van der Waals surface area contributed by atoms with E-state index < -0.39 is 29.5 Å². The third-order valence-electron chi connectivity index (χ3n) is 6.61. The lowest BCUT2D eigenvalue weighted by Crippen LogP contribution is -2.29. The molecule has 3 aromatic carbocycles. The number of halogens is 3. The number of aliphatic hydroxyl groups excluding tert-OH is 1. The van der Waals surface area contributed by atoms with Gasteiger partial charge in [0.2, 0.25) is 0 Å². The summed E-state index contributed by atoms with van der Waals surface area (Å²) in [4.78, 5) is 27.9. The van der Waals surface area contributed by atoms with Gasteiger partial charge >= 0.3 is 6.18 Å². The second-order valence-electron chi connectivity index (χ2n) is 9.41. The molecule has 5 nitrogen and oxygen atoms in total. The molecule has 1 N–H and O–H groups in total. The average Bonchev–Trinajstić information content (AvgIpc) is 3.13. The van der Waals surface area contributed by atoms with E-state index >= 15 is 0 Å². The van der Waals surface area contributed by atoms with E-state index in [-0.39, 0.29) is 22.9 Å². The molecule has 0 radical (unpaired) electrons. The Morgan fingerprint density at radius 3 is 2.26 bits per heavy atom. The monoisotopic (exact) mass is 523 g/mol. The molecule has 8 heteroatoms. The predicted molar refractivity (Wildman–Crippen MR) is 139 cm³/mol. The molecule has 1 aliphatic heterocycles. The van der Waals surface area contributed by atoms with Gasteiger partial charge in [0.25, 0.3) is 11.7 Å². The fourth-order valence-corrected chi connectivity index (χ4v) is 4.69. The zero-order valence-corrected chi connectivity index (χ0v) is 21.5. The summed E-state index contributed by atoms with van der Waals surface area (Å²) in [5.41, 5.74) is 1.58. The van der Waals surface area contributed by atoms with Crippen LogP contribution < -0.4 is 9.64 Å². The van der Waals surface area contributed by atoms with Crippen molar-refractivity contribution < 1.29 is 32.6 Å². The number of anilines is 1. The summed E-state index contributed by atoms with van der Waals surface area (Å²) in [6.07, 6.45) is -4.55. The van der Waals surface area contributed by atoms with Crippen molar-refractivity contribution in [3.05, 3.63) is 100 Å². The third kappa shape index (κ3) is 4.90. The van der Waals surface area contributed by atoms with Gasteiger partial charge in [-0.3, -0.25) is 14.5 Å². The van der Waals surface area contributed by atoms with Gasteiger partial charge in [0.05, 0.1) is 23.8 Å². The van der Waals surface area contributed by atoms with E-state index in [4.69, 9.17) is 4.74 Å². The van der Waals surface area contributed by atoms with Gasteiger partial charge in [-0.25, -0.2) is 0 Å². The summed E-state index contributed by atoms with van der Waals surface area (Å²) in [7, 11) is 0. The van der Waals surface area contributed by atoms with Crippen molar-refractivity contribution >= 4 is 23.1 Å². The number of hydrogen-bond donors (Lipinski definition) is 1. The van der Waals surface area contributed by atoms with Gasteiger partial charge in [0.1, 0.15) is 11.5 Å². The van der Waals surface area contributed by atoms with Crippen LogP contribution >= 0.6 is 0 Å². The second-order valence-corrected chi connectivity index (χ2v) is 9.41. The number of nitrogens with zero attached hydrogens (tertiary/aromatic N) is 1. The number of ether oxygens (including phenoxy) is 1. The Morgan fingerprint density at radius 2 is 1.68 bits per heavy atom. The van der Waals surface area contributed by atoms with E-state index in [0.717, 1.165) is 40.3 Å². The highest BCUT2D eigenvalue weighted by atomic mass is 19.4. The van der Waals surface area contributed by atoms with E-state index in [0.29, 0.717) is 23.5 Å². The predicted octanol–water partition coefficient (Wildman–Crippen LogP) is 7.16. The molecule has 0 spiro atoms. The lowest BCUT2D eigenvalue weighted by molar-refractivity contribution is -0.137.